The van der Waals surface area contributed by atoms with Crippen molar-refractivity contribution in [2.24, 2.45) is 11.8 Å². The van der Waals surface area contributed by atoms with E-state index in [1.54, 1.807) is 0 Å². The van der Waals surface area contributed by atoms with E-state index in [1.165, 1.54) is 0 Å². The Morgan fingerprint density at radius 1 is 1.47 bits per heavy atom. The summed E-state index contributed by atoms with van der Waals surface area (Å²) in [7, 11) is 0. The number of rotatable bonds is 8. The molecule has 2 unspecified atom stereocenters. The maximum atomic E-state index is 5.69. The minimum atomic E-state index is 0.165. The van der Waals surface area contributed by atoms with Gasteiger partial charge in [0, 0.05) is 19.1 Å². The van der Waals surface area contributed by atoms with Crippen LogP contribution in [0.2, 0.25) is 0 Å². The van der Waals surface area contributed by atoms with Crippen LogP contribution in [0.5, 0.6) is 0 Å². The van der Waals surface area contributed by atoms with Crippen LogP contribution in [0.25, 0.3) is 0 Å². The smallest absolute Gasteiger partial charge is 0.0764 e. The van der Waals surface area contributed by atoms with Crippen LogP contribution in [-0.4, -0.2) is 18.8 Å². The van der Waals surface area contributed by atoms with Crippen LogP contribution in [0.4, 0.5) is 0 Å². The maximum Gasteiger partial charge on any atom is 0.0764 e. The molecule has 0 aliphatic heterocycles. The van der Waals surface area contributed by atoms with Crippen molar-refractivity contribution in [2.75, 3.05) is 6.61 Å². The van der Waals surface area contributed by atoms with Gasteiger partial charge in [-0.05, 0) is 25.7 Å². The van der Waals surface area contributed by atoms with Crippen LogP contribution >= 0.6 is 0 Å². The summed E-state index contributed by atoms with van der Waals surface area (Å²) in [6.45, 7) is 7.01. The van der Waals surface area contributed by atoms with E-state index in [4.69, 9.17) is 17.0 Å². The van der Waals surface area contributed by atoms with Crippen molar-refractivity contribution in [2.45, 2.75) is 52.2 Å². The zero-order valence-corrected chi connectivity index (χ0v) is 10.1. The average Bonchev–Trinajstić information content (AvgIpc) is 2.22. The van der Waals surface area contributed by atoms with E-state index in [0.29, 0.717) is 5.92 Å². The Labute approximate surface area is 93.7 Å². The van der Waals surface area contributed by atoms with Gasteiger partial charge in [0.2, 0.25) is 0 Å². The third kappa shape index (κ3) is 5.78. The molecule has 0 aromatic rings. The highest BCUT2D eigenvalue weighted by Gasteiger charge is 2.23. The van der Waals surface area contributed by atoms with E-state index in [2.05, 4.69) is 25.2 Å². The molecule has 0 aliphatic carbocycles. The Hall–Kier alpha value is -0.560. The molecule has 0 heterocycles. The lowest BCUT2D eigenvalue weighted by Gasteiger charge is -2.29. The summed E-state index contributed by atoms with van der Waals surface area (Å²) >= 11 is 0. The van der Waals surface area contributed by atoms with E-state index in [1.807, 2.05) is 6.92 Å². The number of ether oxygens (including phenoxy) is 1. The molecule has 0 aliphatic rings. The van der Waals surface area contributed by atoms with Gasteiger partial charge in [-0.1, -0.05) is 13.8 Å². The predicted molar refractivity (Wildman–Crippen MR) is 64.0 cm³/mol. The Morgan fingerprint density at radius 3 is 2.53 bits per heavy atom. The molecule has 0 saturated heterocycles. The summed E-state index contributed by atoms with van der Waals surface area (Å²) in [5.41, 5.74) is 2.83. The van der Waals surface area contributed by atoms with Crippen molar-refractivity contribution in [1.29, 1.82) is 0 Å². The molecule has 0 bridgehead atoms. The fraction of sp³-hybridized carbons (Fsp3) is 0.833. The van der Waals surface area contributed by atoms with Crippen LogP contribution < -0.4 is 11.3 Å². The standard InChI is InChI=1S/C12H24N2O/c1-5-7-8-9-11(14-13)12(10(3)4)15-6-2/h1,10-12,14H,6-9,13H2,2-4H3. The molecule has 3 nitrogen and oxygen atoms in total. The molecule has 15 heavy (non-hydrogen) atoms. The van der Waals surface area contributed by atoms with E-state index in [0.717, 1.165) is 25.9 Å². The van der Waals surface area contributed by atoms with Gasteiger partial charge in [-0.25, -0.2) is 0 Å². The molecule has 0 rings (SSSR count). The highest BCUT2D eigenvalue weighted by Crippen LogP contribution is 2.15. The summed E-state index contributed by atoms with van der Waals surface area (Å²) in [6, 6.07) is 0.193. The molecule has 0 amide bonds. The number of terminal acetylenes is 1. The average molecular weight is 212 g/mol. The van der Waals surface area contributed by atoms with Crippen molar-refractivity contribution in [3.05, 3.63) is 0 Å². The van der Waals surface area contributed by atoms with Gasteiger partial charge in [0.05, 0.1) is 6.10 Å². The highest BCUT2D eigenvalue weighted by atomic mass is 16.5. The lowest BCUT2D eigenvalue weighted by molar-refractivity contribution is 0.00110. The first kappa shape index (κ1) is 14.4. The first-order chi connectivity index (χ1) is 7.17. The number of nitrogens with one attached hydrogen (secondary N) is 1. The van der Waals surface area contributed by atoms with E-state index in [9.17, 15) is 0 Å². The zero-order chi connectivity index (χ0) is 11.7. The number of hydrazine groups is 1. The lowest BCUT2D eigenvalue weighted by atomic mass is 9.95. The van der Waals surface area contributed by atoms with Gasteiger partial charge in [0.1, 0.15) is 0 Å². The van der Waals surface area contributed by atoms with Gasteiger partial charge >= 0.3 is 0 Å². The molecule has 0 saturated carbocycles. The summed E-state index contributed by atoms with van der Waals surface area (Å²) in [4.78, 5) is 0. The van der Waals surface area contributed by atoms with Crippen molar-refractivity contribution in [3.8, 4) is 12.3 Å². The number of hydrogen-bond acceptors (Lipinski definition) is 3. The van der Waals surface area contributed by atoms with Gasteiger partial charge in [0.15, 0.2) is 0 Å². The summed E-state index contributed by atoms with van der Waals surface area (Å²) < 4.78 is 5.69. The van der Waals surface area contributed by atoms with Gasteiger partial charge in [-0.3, -0.25) is 11.3 Å². The molecule has 3 N–H and O–H groups in total. The number of nitrogens with two attached hydrogens (primary N) is 1. The Kier molecular flexibility index (Phi) is 8.40. The normalized spacial score (nSPS) is 14.9. The van der Waals surface area contributed by atoms with Crippen LogP contribution in [0.15, 0.2) is 0 Å². The SMILES string of the molecule is C#CCCCC(NN)C(OCC)C(C)C. The quantitative estimate of drug-likeness (QED) is 0.278. The molecule has 0 spiro atoms. The summed E-state index contributed by atoms with van der Waals surface area (Å²) in [6.07, 6.45) is 8.13. The van der Waals surface area contributed by atoms with Crippen LogP contribution in [-0.2, 0) is 4.74 Å². The lowest BCUT2D eigenvalue weighted by Crippen LogP contribution is -2.47. The maximum absolute atomic E-state index is 5.69. The molecule has 0 aromatic heterocycles. The fourth-order valence-corrected chi connectivity index (χ4v) is 1.73. The second kappa shape index (κ2) is 8.72. The third-order valence-corrected chi connectivity index (χ3v) is 2.46. The first-order valence-corrected chi connectivity index (χ1v) is 5.68. The highest BCUT2D eigenvalue weighted by molar-refractivity contribution is 4.85. The van der Waals surface area contributed by atoms with Crippen LogP contribution in [0.3, 0.4) is 0 Å². The minimum Gasteiger partial charge on any atom is -0.377 e. The Bertz CT molecular complexity index is 187. The Balaban J connectivity index is 4.13. The molecular weight excluding hydrogens is 188 g/mol. The molecule has 3 heteroatoms. The second-order valence-corrected chi connectivity index (χ2v) is 4.03. The Morgan fingerprint density at radius 2 is 2.13 bits per heavy atom. The number of hydrogen-bond donors (Lipinski definition) is 2. The van der Waals surface area contributed by atoms with Crippen LogP contribution in [0, 0.1) is 18.3 Å². The van der Waals surface area contributed by atoms with E-state index >= 15 is 0 Å². The van der Waals surface area contributed by atoms with Gasteiger partial charge in [0.25, 0.3) is 0 Å². The van der Waals surface area contributed by atoms with Crippen molar-refractivity contribution in [3.63, 3.8) is 0 Å². The zero-order valence-electron chi connectivity index (χ0n) is 10.1. The second-order valence-electron chi connectivity index (χ2n) is 4.03. The summed E-state index contributed by atoms with van der Waals surface area (Å²) in [5.74, 6) is 8.64. The molecule has 0 aromatic carbocycles. The van der Waals surface area contributed by atoms with E-state index in [-0.39, 0.29) is 12.1 Å². The predicted octanol–water partition coefficient (Wildman–Crippen LogP) is 1.68. The topological polar surface area (TPSA) is 47.3 Å². The monoisotopic (exact) mass is 212 g/mol. The molecule has 0 fully saturated rings. The van der Waals surface area contributed by atoms with E-state index < -0.39 is 0 Å². The molecule has 2 atom stereocenters. The fourth-order valence-electron chi connectivity index (χ4n) is 1.73. The van der Waals surface area contributed by atoms with Crippen LogP contribution in [0.1, 0.15) is 40.0 Å². The first-order valence-electron chi connectivity index (χ1n) is 5.68. The van der Waals surface area contributed by atoms with Gasteiger partial charge in [-0.2, -0.15) is 0 Å². The summed E-state index contributed by atoms with van der Waals surface area (Å²) in [5, 5.41) is 0. The van der Waals surface area contributed by atoms with Crippen molar-refractivity contribution < 1.29 is 4.74 Å². The molecule has 88 valence electrons. The molecule has 0 radical (unpaired) electrons. The third-order valence-electron chi connectivity index (χ3n) is 2.46. The molecular formula is C12H24N2O. The van der Waals surface area contributed by atoms with Gasteiger partial charge < -0.3 is 4.74 Å². The van der Waals surface area contributed by atoms with Crippen molar-refractivity contribution in [1.82, 2.24) is 5.43 Å². The minimum absolute atomic E-state index is 0.165. The van der Waals surface area contributed by atoms with Crippen molar-refractivity contribution >= 4 is 0 Å². The largest absolute Gasteiger partial charge is 0.377 e. The number of unbranched alkanes of at least 4 members (excludes halogenated alkanes) is 1. The van der Waals surface area contributed by atoms with Gasteiger partial charge in [-0.15, -0.1) is 12.3 Å².